The van der Waals surface area contributed by atoms with Gasteiger partial charge in [0, 0.05) is 20.3 Å². The van der Waals surface area contributed by atoms with Crippen LogP contribution in [0.25, 0.3) is 0 Å². The second-order valence-electron chi connectivity index (χ2n) is 3.80. The van der Waals surface area contributed by atoms with Crippen LogP contribution >= 0.6 is 23.5 Å². The largest absolute Gasteiger partial charge is 0.412 e. The van der Waals surface area contributed by atoms with E-state index in [1.165, 1.54) is 13.8 Å². The quantitative estimate of drug-likeness (QED) is 0.309. The first kappa shape index (κ1) is 20.3. The van der Waals surface area contributed by atoms with Crippen molar-refractivity contribution in [2.75, 3.05) is 11.5 Å². The van der Waals surface area contributed by atoms with Gasteiger partial charge in [-0.05, 0) is 0 Å². The number of thioether (sulfide) groups is 2. The second kappa shape index (κ2) is 11.0. The second-order valence-corrected chi connectivity index (χ2v) is 6.11. The van der Waals surface area contributed by atoms with Gasteiger partial charge in [0.2, 0.25) is 0 Å². The highest BCUT2D eigenvalue weighted by molar-refractivity contribution is 8.14. The topological polar surface area (TPSA) is 128 Å². The molecule has 0 radical (unpaired) electrons. The van der Waals surface area contributed by atoms with Crippen LogP contribution in [0.4, 0.5) is 0 Å². The molecule has 10 heteroatoms. The minimum atomic E-state index is -0.881. The van der Waals surface area contributed by atoms with Crippen LogP contribution in [0.1, 0.15) is 26.7 Å². The molecule has 0 aromatic heterocycles. The third-order valence-electron chi connectivity index (χ3n) is 1.81. The lowest BCUT2D eigenvalue weighted by Gasteiger charge is -2.05. The smallest absolute Gasteiger partial charge is 0.324 e. The van der Waals surface area contributed by atoms with Gasteiger partial charge in [0.25, 0.3) is 0 Å². The fraction of sp³-hybridized carbons (Fsp3) is 0.500. The summed E-state index contributed by atoms with van der Waals surface area (Å²) >= 11 is 1.46. The Balaban J connectivity index is 3.92. The van der Waals surface area contributed by atoms with Crippen molar-refractivity contribution >= 4 is 57.6 Å². The maximum absolute atomic E-state index is 11.3. The van der Waals surface area contributed by atoms with Crippen LogP contribution in [0.15, 0.2) is 0 Å². The van der Waals surface area contributed by atoms with Crippen LogP contribution in [-0.4, -0.2) is 45.5 Å². The third kappa shape index (κ3) is 12.1. The summed E-state index contributed by atoms with van der Waals surface area (Å²) in [5.41, 5.74) is 0. The van der Waals surface area contributed by atoms with Crippen LogP contribution in [0.2, 0.25) is 0 Å². The van der Waals surface area contributed by atoms with Crippen LogP contribution < -0.4 is 0 Å². The summed E-state index contributed by atoms with van der Waals surface area (Å²) in [7, 11) is 0. The number of esters is 3. The first-order chi connectivity index (χ1) is 10.2. The molecule has 0 rings (SSSR count). The standard InChI is InChI=1S/C12H15NO7S2/c1-7(14)21-5-11(17)19-9(13)3-4-10(16)20-12(18)6-22-8(2)15/h13H,3-6H2,1-2H3. The molecule has 1 N–H and O–H groups in total. The molecule has 0 atom stereocenters. The summed E-state index contributed by atoms with van der Waals surface area (Å²) < 4.78 is 8.96. The minimum Gasteiger partial charge on any atom is -0.412 e. The number of ether oxygens (including phenoxy) is 2. The molecule has 0 fully saturated rings. The van der Waals surface area contributed by atoms with E-state index in [1.807, 2.05) is 0 Å². The minimum absolute atomic E-state index is 0.219. The van der Waals surface area contributed by atoms with E-state index in [0.717, 1.165) is 11.8 Å². The number of nitrogens with one attached hydrogen (secondary N) is 1. The van der Waals surface area contributed by atoms with Gasteiger partial charge in [0.15, 0.2) is 16.1 Å². The van der Waals surface area contributed by atoms with E-state index in [-0.39, 0.29) is 34.6 Å². The molecule has 22 heavy (non-hydrogen) atoms. The highest BCUT2D eigenvalue weighted by atomic mass is 32.2. The summed E-state index contributed by atoms with van der Waals surface area (Å²) in [6.45, 7) is 2.57. The van der Waals surface area contributed by atoms with Crippen molar-refractivity contribution in [3.05, 3.63) is 0 Å². The Hall–Kier alpha value is -1.68. The Morgan fingerprint density at radius 3 is 1.68 bits per heavy atom. The Bertz CT molecular complexity index is 446. The summed E-state index contributed by atoms with van der Waals surface area (Å²) in [5.74, 6) is -3.46. The molecule has 0 aliphatic heterocycles. The van der Waals surface area contributed by atoms with Crippen molar-refractivity contribution in [2.45, 2.75) is 26.7 Å². The zero-order valence-electron chi connectivity index (χ0n) is 12.0. The molecule has 8 nitrogen and oxygen atoms in total. The summed E-state index contributed by atoms with van der Waals surface area (Å²) in [6, 6.07) is 0. The molecule has 0 aromatic carbocycles. The van der Waals surface area contributed by atoms with E-state index in [0.29, 0.717) is 11.8 Å². The van der Waals surface area contributed by atoms with E-state index in [4.69, 9.17) is 5.41 Å². The predicted octanol–water partition coefficient (Wildman–Crippen LogP) is 0.916. The van der Waals surface area contributed by atoms with E-state index in [1.54, 1.807) is 0 Å². The fourth-order valence-electron chi connectivity index (χ4n) is 0.962. The van der Waals surface area contributed by atoms with Crippen molar-refractivity contribution in [1.29, 1.82) is 5.41 Å². The zero-order valence-corrected chi connectivity index (χ0v) is 13.6. The molecule has 0 heterocycles. The Morgan fingerprint density at radius 1 is 0.773 bits per heavy atom. The van der Waals surface area contributed by atoms with Crippen molar-refractivity contribution < 1.29 is 33.4 Å². The molecule has 0 aliphatic carbocycles. The molecule has 0 aliphatic rings. The number of hydrogen-bond donors (Lipinski definition) is 1. The third-order valence-corrected chi connectivity index (χ3v) is 3.38. The lowest BCUT2D eigenvalue weighted by atomic mass is 10.3. The molecule has 0 aromatic rings. The van der Waals surface area contributed by atoms with Crippen LogP contribution in [-0.2, 0) is 33.4 Å². The predicted molar refractivity (Wildman–Crippen MR) is 80.4 cm³/mol. The van der Waals surface area contributed by atoms with Crippen LogP contribution in [0.3, 0.4) is 0 Å². The van der Waals surface area contributed by atoms with Gasteiger partial charge in [-0.2, -0.15) is 0 Å². The lowest BCUT2D eigenvalue weighted by Crippen LogP contribution is -2.18. The summed E-state index contributed by atoms with van der Waals surface area (Å²) in [6.07, 6.45) is -0.537. The SMILES string of the molecule is CC(=O)SCC(=O)OC(=N)CCC(=O)OC(=O)CSC(C)=O. The highest BCUT2D eigenvalue weighted by Crippen LogP contribution is 2.05. The van der Waals surface area contributed by atoms with E-state index < -0.39 is 23.8 Å². The number of carbonyl (C=O) groups is 5. The Labute approximate surface area is 135 Å². The first-order valence-electron chi connectivity index (χ1n) is 5.99. The number of carbonyl (C=O) groups excluding carboxylic acids is 5. The Morgan fingerprint density at radius 2 is 1.23 bits per heavy atom. The monoisotopic (exact) mass is 349 g/mol. The summed E-state index contributed by atoms with van der Waals surface area (Å²) in [5, 5.41) is 6.81. The zero-order chi connectivity index (χ0) is 17.1. The van der Waals surface area contributed by atoms with Gasteiger partial charge in [0.05, 0.1) is 17.9 Å². The van der Waals surface area contributed by atoms with Crippen molar-refractivity contribution in [3.8, 4) is 0 Å². The molecule has 0 spiro atoms. The van der Waals surface area contributed by atoms with Gasteiger partial charge >= 0.3 is 17.9 Å². The fourth-order valence-corrected chi connectivity index (χ4v) is 1.72. The van der Waals surface area contributed by atoms with E-state index >= 15 is 0 Å². The van der Waals surface area contributed by atoms with Gasteiger partial charge in [0.1, 0.15) is 0 Å². The maximum Gasteiger partial charge on any atom is 0.324 e. The lowest BCUT2D eigenvalue weighted by molar-refractivity contribution is -0.157. The molecule has 0 amide bonds. The van der Waals surface area contributed by atoms with Gasteiger partial charge in [-0.15, -0.1) is 0 Å². The van der Waals surface area contributed by atoms with Gasteiger partial charge in [-0.3, -0.25) is 29.4 Å². The summed E-state index contributed by atoms with van der Waals surface area (Å²) in [4.78, 5) is 54.9. The molecule has 122 valence electrons. The van der Waals surface area contributed by atoms with Crippen LogP contribution in [0.5, 0.6) is 0 Å². The maximum atomic E-state index is 11.3. The molecule has 0 bridgehead atoms. The van der Waals surface area contributed by atoms with Crippen molar-refractivity contribution in [3.63, 3.8) is 0 Å². The van der Waals surface area contributed by atoms with Crippen molar-refractivity contribution in [2.24, 2.45) is 0 Å². The van der Waals surface area contributed by atoms with E-state index in [2.05, 4.69) is 9.47 Å². The normalized spacial score (nSPS) is 9.73. The van der Waals surface area contributed by atoms with Gasteiger partial charge in [-0.25, -0.2) is 0 Å². The molecule has 0 saturated carbocycles. The highest BCUT2D eigenvalue weighted by Gasteiger charge is 2.14. The first-order valence-corrected chi connectivity index (χ1v) is 7.96. The molecular formula is C12H15NO7S2. The van der Waals surface area contributed by atoms with E-state index in [9.17, 15) is 24.0 Å². The average Bonchev–Trinajstić information content (AvgIpc) is 2.40. The number of hydrogen-bond acceptors (Lipinski definition) is 10. The number of rotatable bonds is 7. The van der Waals surface area contributed by atoms with Gasteiger partial charge in [-0.1, -0.05) is 23.5 Å². The Kier molecular flexibility index (Phi) is 10.1. The molecule has 0 unspecified atom stereocenters. The van der Waals surface area contributed by atoms with Gasteiger partial charge < -0.3 is 9.47 Å². The molecule has 0 saturated heterocycles. The van der Waals surface area contributed by atoms with Crippen LogP contribution in [0, 0.1) is 5.41 Å². The molecular weight excluding hydrogens is 334 g/mol. The van der Waals surface area contributed by atoms with Crippen molar-refractivity contribution in [1.82, 2.24) is 0 Å². The average molecular weight is 349 g/mol.